The average Bonchev–Trinajstić information content (AvgIpc) is 2.62. The Labute approximate surface area is 158 Å². The lowest BCUT2D eigenvalue weighted by Crippen LogP contribution is -2.41. The molecule has 0 spiro atoms. The highest BCUT2D eigenvalue weighted by Gasteiger charge is 2.26. The number of likely N-dealkylation sites (tertiary alicyclic amines) is 1. The van der Waals surface area contributed by atoms with Crippen molar-refractivity contribution in [3.8, 4) is 11.1 Å². The summed E-state index contributed by atoms with van der Waals surface area (Å²) in [5.74, 6) is -1.22. The number of sulfone groups is 1. The molecule has 1 atom stereocenters. The quantitative estimate of drug-likeness (QED) is 0.843. The summed E-state index contributed by atoms with van der Waals surface area (Å²) in [6, 6.07) is 9.33. The number of nitrogens with zero attached hydrogens (tertiary/aromatic N) is 1. The lowest BCUT2D eigenvalue weighted by Gasteiger charge is -2.33. The van der Waals surface area contributed by atoms with E-state index in [1.54, 1.807) is 19.1 Å². The lowest BCUT2D eigenvalue weighted by atomic mass is 9.99. The number of halogens is 2. The maximum Gasteiger partial charge on any atom is 0.178 e. The number of aliphatic hydroxyl groups is 1. The van der Waals surface area contributed by atoms with Crippen LogP contribution in [0.2, 0.25) is 0 Å². The molecule has 1 fully saturated rings. The Hall–Kier alpha value is -1.83. The third kappa shape index (κ3) is 4.72. The molecule has 0 aliphatic carbocycles. The van der Waals surface area contributed by atoms with Gasteiger partial charge in [0.1, 0.15) is 17.9 Å². The molecule has 1 heterocycles. The van der Waals surface area contributed by atoms with Gasteiger partial charge in [0.2, 0.25) is 0 Å². The van der Waals surface area contributed by atoms with Gasteiger partial charge in [-0.2, -0.15) is 0 Å². The number of benzene rings is 2. The van der Waals surface area contributed by atoms with E-state index in [1.807, 2.05) is 4.90 Å². The van der Waals surface area contributed by atoms with Crippen molar-refractivity contribution in [3.05, 3.63) is 54.1 Å². The Morgan fingerprint density at radius 2 is 1.74 bits per heavy atom. The standard InChI is InChI=1S/C20H23F2NO3S/c1-14(24)23-10-8-15(9-11-23)13-27(25,26)18-5-2-16(3-6-18)19-7-4-17(21)12-20(19)22/h2-7,12,14-15,24H,8-11,13H2,1H3. The van der Waals surface area contributed by atoms with E-state index >= 15 is 0 Å². The first-order chi connectivity index (χ1) is 12.8. The molecule has 146 valence electrons. The molecule has 3 rings (SSSR count). The summed E-state index contributed by atoms with van der Waals surface area (Å²) in [6.45, 7) is 3.07. The number of rotatable bonds is 5. The smallest absolute Gasteiger partial charge is 0.178 e. The minimum Gasteiger partial charge on any atom is -0.379 e. The number of aliphatic hydroxyl groups excluding tert-OH is 1. The minimum atomic E-state index is -3.45. The van der Waals surface area contributed by atoms with Crippen molar-refractivity contribution in [3.63, 3.8) is 0 Å². The predicted molar refractivity (Wildman–Crippen MR) is 99.8 cm³/mol. The molecule has 1 saturated heterocycles. The molecule has 0 bridgehead atoms. The second-order valence-electron chi connectivity index (χ2n) is 7.04. The van der Waals surface area contributed by atoms with Gasteiger partial charge in [-0.05, 0) is 55.5 Å². The minimum absolute atomic E-state index is 0.0548. The van der Waals surface area contributed by atoms with E-state index in [9.17, 15) is 22.3 Å². The van der Waals surface area contributed by atoms with Gasteiger partial charge in [0.15, 0.2) is 9.84 Å². The first kappa shape index (κ1) is 19.9. The van der Waals surface area contributed by atoms with E-state index in [0.717, 1.165) is 18.9 Å². The zero-order valence-corrected chi connectivity index (χ0v) is 15.9. The maximum atomic E-state index is 13.9. The summed E-state index contributed by atoms with van der Waals surface area (Å²) in [6.07, 6.45) is 0.938. The van der Waals surface area contributed by atoms with Crippen molar-refractivity contribution in [2.45, 2.75) is 30.9 Å². The lowest BCUT2D eigenvalue weighted by molar-refractivity contribution is -0.00126. The van der Waals surface area contributed by atoms with Crippen LogP contribution in [0.5, 0.6) is 0 Å². The second kappa shape index (κ2) is 8.04. The Balaban J connectivity index is 1.70. The topological polar surface area (TPSA) is 57.6 Å². The monoisotopic (exact) mass is 395 g/mol. The summed E-state index contributed by atoms with van der Waals surface area (Å²) in [5, 5.41) is 9.59. The molecule has 4 nitrogen and oxygen atoms in total. The van der Waals surface area contributed by atoms with Gasteiger partial charge >= 0.3 is 0 Å². The first-order valence-electron chi connectivity index (χ1n) is 8.96. The zero-order valence-electron chi connectivity index (χ0n) is 15.1. The Bertz CT molecular complexity index is 890. The van der Waals surface area contributed by atoms with Crippen LogP contribution < -0.4 is 0 Å². The second-order valence-corrected chi connectivity index (χ2v) is 9.08. The van der Waals surface area contributed by atoms with E-state index in [1.165, 1.54) is 24.3 Å². The molecule has 7 heteroatoms. The molecule has 2 aromatic rings. The van der Waals surface area contributed by atoms with Gasteiger partial charge in [-0.3, -0.25) is 4.90 Å². The molecule has 1 N–H and O–H groups in total. The summed E-state index contributed by atoms with van der Waals surface area (Å²) >= 11 is 0. The van der Waals surface area contributed by atoms with Crippen LogP contribution in [-0.4, -0.2) is 43.5 Å². The summed E-state index contributed by atoms with van der Waals surface area (Å²) in [5.41, 5.74) is 0.725. The van der Waals surface area contributed by atoms with E-state index in [2.05, 4.69) is 0 Å². The van der Waals surface area contributed by atoms with Crippen molar-refractivity contribution in [2.24, 2.45) is 5.92 Å². The molecule has 0 saturated carbocycles. The largest absolute Gasteiger partial charge is 0.379 e. The van der Waals surface area contributed by atoms with Crippen LogP contribution in [0.1, 0.15) is 19.8 Å². The molecule has 0 amide bonds. The molecule has 0 aromatic heterocycles. The SMILES string of the molecule is CC(O)N1CCC(CS(=O)(=O)c2ccc(-c3ccc(F)cc3F)cc2)CC1. The van der Waals surface area contributed by atoms with Crippen LogP contribution in [-0.2, 0) is 9.84 Å². The maximum absolute atomic E-state index is 13.9. The molecule has 1 unspecified atom stereocenters. The Morgan fingerprint density at radius 1 is 1.11 bits per heavy atom. The van der Waals surface area contributed by atoms with Crippen molar-refractivity contribution in [1.82, 2.24) is 4.90 Å². The highest BCUT2D eigenvalue weighted by atomic mass is 32.2. The average molecular weight is 395 g/mol. The normalized spacial score (nSPS) is 17.8. The van der Waals surface area contributed by atoms with Gasteiger partial charge in [-0.1, -0.05) is 12.1 Å². The van der Waals surface area contributed by atoms with Crippen LogP contribution in [0.4, 0.5) is 8.78 Å². The zero-order chi connectivity index (χ0) is 19.6. The van der Waals surface area contributed by atoms with E-state index < -0.39 is 27.7 Å². The Kier molecular flexibility index (Phi) is 5.93. The van der Waals surface area contributed by atoms with Crippen molar-refractivity contribution in [1.29, 1.82) is 0 Å². The van der Waals surface area contributed by atoms with Gasteiger partial charge < -0.3 is 5.11 Å². The van der Waals surface area contributed by atoms with Crippen LogP contribution >= 0.6 is 0 Å². The third-order valence-corrected chi connectivity index (χ3v) is 6.99. The molecule has 1 aliphatic heterocycles. The van der Waals surface area contributed by atoms with Gasteiger partial charge in [-0.25, -0.2) is 17.2 Å². The third-order valence-electron chi connectivity index (χ3n) is 5.09. The van der Waals surface area contributed by atoms with Crippen molar-refractivity contribution < 1.29 is 22.3 Å². The van der Waals surface area contributed by atoms with E-state index in [-0.39, 0.29) is 22.1 Å². The van der Waals surface area contributed by atoms with Crippen LogP contribution in [0.3, 0.4) is 0 Å². The summed E-state index contributed by atoms with van der Waals surface area (Å²) in [7, 11) is -3.45. The molecule has 1 aliphatic rings. The number of hydrogen-bond donors (Lipinski definition) is 1. The number of hydrogen-bond acceptors (Lipinski definition) is 4. The van der Waals surface area contributed by atoms with Crippen LogP contribution in [0.15, 0.2) is 47.4 Å². The van der Waals surface area contributed by atoms with Crippen LogP contribution in [0.25, 0.3) is 11.1 Å². The highest BCUT2D eigenvalue weighted by molar-refractivity contribution is 7.91. The number of piperidine rings is 1. The fourth-order valence-corrected chi connectivity index (χ4v) is 5.16. The fraction of sp³-hybridized carbons (Fsp3) is 0.400. The van der Waals surface area contributed by atoms with Gasteiger partial charge in [0.25, 0.3) is 0 Å². The molecular formula is C20H23F2NO3S. The van der Waals surface area contributed by atoms with E-state index in [4.69, 9.17) is 0 Å². The van der Waals surface area contributed by atoms with Gasteiger partial charge in [0.05, 0.1) is 10.6 Å². The highest BCUT2D eigenvalue weighted by Crippen LogP contribution is 2.27. The predicted octanol–water partition coefficient (Wildman–Crippen LogP) is 3.46. The summed E-state index contributed by atoms with van der Waals surface area (Å²) in [4.78, 5) is 2.13. The van der Waals surface area contributed by atoms with Crippen LogP contribution in [0, 0.1) is 17.6 Å². The van der Waals surface area contributed by atoms with Crippen molar-refractivity contribution >= 4 is 9.84 Å². The van der Waals surface area contributed by atoms with Crippen molar-refractivity contribution in [2.75, 3.05) is 18.8 Å². The Morgan fingerprint density at radius 3 is 2.30 bits per heavy atom. The van der Waals surface area contributed by atoms with Gasteiger partial charge in [-0.15, -0.1) is 0 Å². The van der Waals surface area contributed by atoms with Gasteiger partial charge in [0, 0.05) is 24.7 Å². The first-order valence-corrected chi connectivity index (χ1v) is 10.6. The molecule has 27 heavy (non-hydrogen) atoms. The summed E-state index contributed by atoms with van der Waals surface area (Å²) < 4.78 is 52.3. The van der Waals surface area contributed by atoms with E-state index in [0.29, 0.717) is 18.7 Å². The molecular weight excluding hydrogens is 372 g/mol. The fourth-order valence-electron chi connectivity index (χ4n) is 3.47. The molecule has 0 radical (unpaired) electrons. The molecule has 2 aromatic carbocycles.